The average molecular weight is 413 g/mol. The minimum Gasteiger partial charge on any atom is -0.539 e. The molecule has 9 heteroatoms. The first-order valence-electron chi connectivity index (χ1n) is 8.98. The first kappa shape index (κ1) is 18.9. The topological polar surface area (TPSA) is 102 Å². The molecule has 0 fully saturated rings. The molecule has 4 rings (SSSR count). The van der Waals surface area contributed by atoms with E-state index in [1.807, 2.05) is 18.2 Å². The van der Waals surface area contributed by atoms with Crippen molar-refractivity contribution in [1.29, 1.82) is 0 Å². The van der Waals surface area contributed by atoms with Crippen molar-refractivity contribution in [2.75, 3.05) is 11.9 Å². The first-order valence-corrected chi connectivity index (χ1v) is 9.36. The summed E-state index contributed by atoms with van der Waals surface area (Å²) in [5, 5.41) is 17.8. The van der Waals surface area contributed by atoms with Gasteiger partial charge >= 0.3 is 0 Å². The summed E-state index contributed by atoms with van der Waals surface area (Å²) in [7, 11) is 0. The predicted octanol–water partition coefficient (Wildman–Crippen LogP) is 1.53. The van der Waals surface area contributed by atoms with E-state index in [0.717, 1.165) is 17.3 Å². The molecular weight excluding hydrogens is 396 g/mol. The van der Waals surface area contributed by atoms with Crippen LogP contribution in [0.5, 0.6) is 5.95 Å². The van der Waals surface area contributed by atoms with E-state index in [2.05, 4.69) is 15.1 Å². The molecule has 0 atom stereocenters. The van der Waals surface area contributed by atoms with Gasteiger partial charge in [0.15, 0.2) is 0 Å². The summed E-state index contributed by atoms with van der Waals surface area (Å²) in [4.78, 5) is 26.7. The van der Waals surface area contributed by atoms with Crippen molar-refractivity contribution in [3.63, 3.8) is 0 Å². The second-order valence-electron chi connectivity index (χ2n) is 6.70. The Morgan fingerprint density at radius 3 is 2.83 bits per heavy atom. The molecule has 29 heavy (non-hydrogen) atoms. The fourth-order valence-electron chi connectivity index (χ4n) is 3.27. The van der Waals surface area contributed by atoms with Crippen LogP contribution in [0.1, 0.15) is 21.5 Å². The SMILES string of the molecule is O=C(Nc1ccc2c(c1)CN(C(=O)C[n+]1cc([O-])on1)CC2)c1ccccc1Cl. The van der Waals surface area contributed by atoms with Crippen LogP contribution in [-0.4, -0.2) is 28.5 Å². The van der Waals surface area contributed by atoms with Gasteiger partial charge in [-0.05, 0) is 41.8 Å². The molecule has 0 saturated heterocycles. The van der Waals surface area contributed by atoms with E-state index >= 15 is 0 Å². The lowest BCUT2D eigenvalue weighted by atomic mass is 9.99. The van der Waals surface area contributed by atoms with E-state index in [4.69, 9.17) is 11.6 Å². The number of amides is 2. The molecule has 2 aromatic carbocycles. The summed E-state index contributed by atoms with van der Waals surface area (Å²) in [5.41, 5.74) is 3.10. The summed E-state index contributed by atoms with van der Waals surface area (Å²) < 4.78 is 5.62. The molecule has 1 aliphatic rings. The Hall–Kier alpha value is -3.39. The van der Waals surface area contributed by atoms with Gasteiger partial charge in [-0.2, -0.15) is 0 Å². The molecular formula is C20H17ClN4O4. The van der Waals surface area contributed by atoms with Crippen LogP contribution in [0.3, 0.4) is 0 Å². The minimum absolute atomic E-state index is 0.0655. The van der Waals surface area contributed by atoms with Crippen LogP contribution >= 0.6 is 11.6 Å². The van der Waals surface area contributed by atoms with Gasteiger partial charge in [0.2, 0.25) is 6.20 Å². The molecule has 0 radical (unpaired) electrons. The van der Waals surface area contributed by atoms with Crippen LogP contribution in [0.2, 0.25) is 5.02 Å². The molecule has 148 valence electrons. The number of halogens is 1. The van der Waals surface area contributed by atoms with Crippen LogP contribution in [0, 0.1) is 0 Å². The Morgan fingerprint density at radius 2 is 2.07 bits per heavy atom. The molecule has 8 nitrogen and oxygen atoms in total. The van der Waals surface area contributed by atoms with Crippen LogP contribution in [-0.2, 0) is 24.3 Å². The van der Waals surface area contributed by atoms with Gasteiger partial charge < -0.3 is 19.8 Å². The molecule has 2 heterocycles. The number of aromatic nitrogens is 2. The Labute approximate surface area is 171 Å². The highest BCUT2D eigenvalue weighted by molar-refractivity contribution is 6.34. The third kappa shape index (κ3) is 4.22. The molecule has 0 unspecified atom stereocenters. The van der Waals surface area contributed by atoms with Gasteiger partial charge in [0, 0.05) is 18.8 Å². The van der Waals surface area contributed by atoms with Gasteiger partial charge in [-0.1, -0.05) is 34.5 Å². The third-order valence-corrected chi connectivity index (χ3v) is 5.06. The number of carbonyl (C=O) groups is 2. The van der Waals surface area contributed by atoms with Crippen LogP contribution in [0.25, 0.3) is 0 Å². The van der Waals surface area contributed by atoms with Crippen molar-refractivity contribution >= 4 is 29.1 Å². The maximum absolute atomic E-state index is 12.5. The number of anilines is 1. The molecule has 0 aliphatic carbocycles. The van der Waals surface area contributed by atoms with E-state index in [9.17, 15) is 14.7 Å². The van der Waals surface area contributed by atoms with Gasteiger partial charge in [-0.15, -0.1) is 0 Å². The molecule has 2 amide bonds. The van der Waals surface area contributed by atoms with Gasteiger partial charge in [0.1, 0.15) is 5.95 Å². The molecule has 0 bridgehead atoms. The van der Waals surface area contributed by atoms with E-state index in [1.165, 1.54) is 4.68 Å². The second kappa shape index (κ2) is 7.92. The third-order valence-electron chi connectivity index (χ3n) is 4.73. The molecule has 1 aliphatic heterocycles. The van der Waals surface area contributed by atoms with Crippen molar-refractivity contribution in [3.05, 3.63) is 70.4 Å². The van der Waals surface area contributed by atoms with Crippen molar-refractivity contribution in [3.8, 4) is 5.95 Å². The molecule has 0 spiro atoms. The number of hydrogen-bond donors (Lipinski definition) is 1. The monoisotopic (exact) mass is 412 g/mol. The average Bonchev–Trinajstić information content (AvgIpc) is 3.12. The predicted molar refractivity (Wildman–Crippen MR) is 101 cm³/mol. The van der Waals surface area contributed by atoms with Crippen LogP contribution < -0.4 is 15.1 Å². The molecule has 1 N–H and O–H groups in total. The normalized spacial score (nSPS) is 13.1. The lowest BCUT2D eigenvalue weighted by Crippen LogP contribution is -2.47. The number of hydrogen-bond acceptors (Lipinski definition) is 5. The Kier molecular flexibility index (Phi) is 5.18. The number of nitrogens with one attached hydrogen (secondary N) is 1. The second-order valence-corrected chi connectivity index (χ2v) is 7.11. The first-order chi connectivity index (χ1) is 14.0. The zero-order valence-corrected chi connectivity index (χ0v) is 16.1. The number of carbonyl (C=O) groups excluding carboxylic acids is 2. The standard InChI is InChI=1S/C20H17ClN4O4/c21-17-4-2-1-3-16(17)20(28)22-15-6-5-13-7-8-24(10-14(13)9-15)18(26)11-25-12-19(27)29-23-25/h1-6,9,12H,7-8,10-11H2,(H-,22,23,27,28). The molecule has 0 saturated carbocycles. The lowest BCUT2D eigenvalue weighted by Gasteiger charge is -2.28. The van der Waals surface area contributed by atoms with Crippen molar-refractivity contribution in [1.82, 2.24) is 10.2 Å². The summed E-state index contributed by atoms with van der Waals surface area (Å²) >= 11 is 6.08. The van der Waals surface area contributed by atoms with E-state index in [0.29, 0.717) is 35.8 Å². The van der Waals surface area contributed by atoms with Gasteiger partial charge in [0.05, 0.1) is 15.9 Å². The Balaban J connectivity index is 1.46. The lowest BCUT2D eigenvalue weighted by molar-refractivity contribution is -0.751. The van der Waals surface area contributed by atoms with Crippen LogP contribution in [0.15, 0.2) is 53.2 Å². The van der Waals surface area contributed by atoms with Crippen molar-refractivity contribution < 1.29 is 23.9 Å². The van der Waals surface area contributed by atoms with Crippen LogP contribution in [0.4, 0.5) is 5.69 Å². The Bertz CT molecular complexity index is 1080. The molecule has 1 aromatic heterocycles. The Morgan fingerprint density at radius 1 is 1.24 bits per heavy atom. The minimum atomic E-state index is -0.597. The zero-order valence-electron chi connectivity index (χ0n) is 15.3. The summed E-state index contributed by atoms with van der Waals surface area (Å²) in [6, 6.07) is 12.5. The van der Waals surface area contributed by atoms with Gasteiger partial charge in [-0.25, -0.2) is 0 Å². The summed E-state index contributed by atoms with van der Waals surface area (Å²) in [6.45, 7) is 0.913. The summed E-state index contributed by atoms with van der Waals surface area (Å²) in [5.74, 6) is -1.06. The van der Waals surface area contributed by atoms with Crippen molar-refractivity contribution in [2.24, 2.45) is 0 Å². The highest BCUT2D eigenvalue weighted by atomic mass is 35.5. The van der Waals surface area contributed by atoms with Gasteiger partial charge in [0.25, 0.3) is 18.4 Å². The summed E-state index contributed by atoms with van der Waals surface area (Å²) in [6.07, 6.45) is 1.84. The number of nitrogens with zero attached hydrogens (tertiary/aromatic N) is 3. The highest BCUT2D eigenvalue weighted by Crippen LogP contribution is 2.24. The quantitative estimate of drug-likeness (QED) is 0.654. The largest absolute Gasteiger partial charge is 0.539 e. The molecule has 3 aromatic rings. The maximum atomic E-state index is 12.5. The number of fused-ring (bicyclic) bond motifs is 1. The highest BCUT2D eigenvalue weighted by Gasteiger charge is 2.24. The van der Waals surface area contributed by atoms with Crippen molar-refractivity contribution in [2.45, 2.75) is 19.5 Å². The van der Waals surface area contributed by atoms with E-state index in [1.54, 1.807) is 29.2 Å². The smallest absolute Gasteiger partial charge is 0.291 e. The zero-order chi connectivity index (χ0) is 20.4. The fourth-order valence-corrected chi connectivity index (χ4v) is 3.49. The van der Waals surface area contributed by atoms with Gasteiger partial charge in [-0.3, -0.25) is 9.59 Å². The fraction of sp³-hybridized carbons (Fsp3) is 0.200. The van der Waals surface area contributed by atoms with E-state index in [-0.39, 0.29) is 18.4 Å². The number of rotatable bonds is 4. The maximum Gasteiger partial charge on any atom is 0.291 e. The van der Waals surface area contributed by atoms with E-state index < -0.39 is 5.95 Å². The number of benzene rings is 2.